The number of nitrogens with zero attached hydrogens (tertiary/aromatic N) is 1. The van der Waals surface area contributed by atoms with E-state index in [4.69, 9.17) is 28.5 Å². The Hall–Kier alpha value is -1.83. The van der Waals surface area contributed by atoms with E-state index in [1.165, 1.54) is 14.0 Å². The molecule has 1 amide bonds. The zero-order valence-corrected chi connectivity index (χ0v) is 22.7. The van der Waals surface area contributed by atoms with Crippen LogP contribution in [-0.2, 0) is 42.9 Å². The van der Waals surface area contributed by atoms with Gasteiger partial charge in [0.1, 0.15) is 47.9 Å². The van der Waals surface area contributed by atoms with E-state index in [1.807, 2.05) is 0 Å². The Labute approximate surface area is 230 Å². The maximum atomic E-state index is 12.8. The van der Waals surface area contributed by atoms with Crippen LogP contribution in [0.4, 0.5) is 0 Å². The van der Waals surface area contributed by atoms with Gasteiger partial charge in [-0.2, -0.15) is 0 Å². The third kappa shape index (κ3) is 6.17. The van der Waals surface area contributed by atoms with Crippen molar-refractivity contribution in [1.82, 2.24) is 5.06 Å². The topological polar surface area (TPSA) is 231 Å². The van der Waals surface area contributed by atoms with Crippen molar-refractivity contribution in [2.24, 2.45) is 0 Å². The molecule has 0 radical (unpaired) electrons. The number of amides is 1. The molecule has 0 aromatic rings. The van der Waals surface area contributed by atoms with E-state index in [2.05, 4.69) is 0 Å². The van der Waals surface area contributed by atoms with Gasteiger partial charge >= 0.3 is 5.97 Å². The molecule has 40 heavy (non-hydrogen) atoms. The van der Waals surface area contributed by atoms with Crippen LogP contribution in [0, 0.1) is 0 Å². The van der Waals surface area contributed by atoms with Crippen LogP contribution in [0.2, 0.25) is 0 Å². The number of aliphatic hydroxyl groups is 6. The van der Waals surface area contributed by atoms with E-state index >= 15 is 0 Å². The van der Waals surface area contributed by atoms with Crippen LogP contribution in [0.15, 0.2) is 0 Å². The zero-order valence-electron chi connectivity index (χ0n) is 22.7. The fourth-order valence-electron chi connectivity index (χ4n) is 5.31. The summed E-state index contributed by atoms with van der Waals surface area (Å²) in [5.74, 6) is -4.42. The van der Waals surface area contributed by atoms with Crippen LogP contribution in [-0.4, -0.2) is 147 Å². The molecule has 16 heteroatoms. The summed E-state index contributed by atoms with van der Waals surface area (Å²) in [6.45, 7) is 1.60. The van der Waals surface area contributed by atoms with E-state index in [9.17, 15) is 45.0 Å². The fraction of sp³-hybridized carbons (Fsp3) is 0.875. The Bertz CT molecular complexity index is 921. The van der Waals surface area contributed by atoms with Gasteiger partial charge in [-0.15, -0.1) is 0 Å². The minimum atomic E-state index is -2.22. The molecule has 3 heterocycles. The van der Waals surface area contributed by atoms with Crippen molar-refractivity contribution in [3.63, 3.8) is 0 Å². The van der Waals surface area contributed by atoms with Gasteiger partial charge in [-0.25, -0.2) is 9.86 Å². The van der Waals surface area contributed by atoms with Gasteiger partial charge in [-0.1, -0.05) is 0 Å². The fourth-order valence-corrected chi connectivity index (χ4v) is 5.31. The van der Waals surface area contributed by atoms with Gasteiger partial charge in [0.15, 0.2) is 6.29 Å². The minimum absolute atomic E-state index is 0.000289. The Morgan fingerprint density at radius 1 is 1.10 bits per heavy atom. The third-order valence-electron chi connectivity index (χ3n) is 7.56. The number of rotatable bonds is 10. The minimum Gasteiger partial charge on any atom is -0.465 e. The van der Waals surface area contributed by atoms with Gasteiger partial charge in [0.05, 0.1) is 32.5 Å². The summed E-state index contributed by atoms with van der Waals surface area (Å²) in [5, 5.41) is 63.4. The highest BCUT2D eigenvalue weighted by Gasteiger charge is 2.60. The molecule has 3 aliphatic rings. The second-order valence-electron chi connectivity index (χ2n) is 10.2. The average molecular weight is 582 g/mol. The smallest absolute Gasteiger partial charge is 0.366 e. The van der Waals surface area contributed by atoms with Gasteiger partial charge in [0.2, 0.25) is 5.91 Å². The predicted octanol–water partition coefficient (Wildman–Crippen LogP) is -3.51. The first-order valence-electron chi connectivity index (χ1n) is 12.9. The lowest BCUT2D eigenvalue weighted by Gasteiger charge is -2.53. The summed E-state index contributed by atoms with van der Waals surface area (Å²) in [5.41, 5.74) is -2.09. The molecule has 0 spiro atoms. The van der Waals surface area contributed by atoms with Gasteiger partial charge < -0.3 is 54.3 Å². The number of hydrogen-bond acceptors (Lipinski definition) is 15. The Kier molecular flexibility index (Phi) is 10.6. The second-order valence-corrected chi connectivity index (χ2v) is 10.2. The van der Waals surface area contributed by atoms with Crippen LogP contribution >= 0.6 is 0 Å². The van der Waals surface area contributed by atoms with Crippen molar-refractivity contribution >= 4 is 17.7 Å². The maximum absolute atomic E-state index is 12.8. The largest absolute Gasteiger partial charge is 0.465 e. The normalized spacial score (nSPS) is 41.8. The molecule has 0 saturated carbocycles. The molecule has 0 aromatic carbocycles. The molecule has 3 fully saturated rings. The first-order valence-corrected chi connectivity index (χ1v) is 12.9. The first kappa shape index (κ1) is 32.7. The van der Waals surface area contributed by atoms with Crippen LogP contribution in [0.3, 0.4) is 0 Å². The molecule has 3 aliphatic heterocycles. The van der Waals surface area contributed by atoms with Crippen molar-refractivity contribution in [3.05, 3.63) is 0 Å². The van der Waals surface area contributed by atoms with E-state index in [-0.39, 0.29) is 19.4 Å². The maximum Gasteiger partial charge on any atom is 0.366 e. The molecule has 3 saturated heterocycles. The van der Waals surface area contributed by atoms with Crippen molar-refractivity contribution in [3.8, 4) is 0 Å². The number of methoxy groups -OCH3 is 2. The summed E-state index contributed by atoms with van der Waals surface area (Å²) < 4.78 is 26.6. The van der Waals surface area contributed by atoms with E-state index < -0.39 is 104 Å². The van der Waals surface area contributed by atoms with Gasteiger partial charge in [0, 0.05) is 33.3 Å². The lowest BCUT2D eigenvalue weighted by Crippen LogP contribution is -2.72. The molecule has 11 atom stereocenters. The third-order valence-corrected chi connectivity index (χ3v) is 7.56. The van der Waals surface area contributed by atoms with E-state index in [0.717, 1.165) is 19.1 Å². The number of fused-ring (bicyclic) bond motifs is 1. The molecule has 0 unspecified atom stereocenters. The van der Waals surface area contributed by atoms with Gasteiger partial charge in [-0.3, -0.25) is 14.4 Å². The lowest BCUT2D eigenvalue weighted by atomic mass is 9.80. The molecule has 16 nitrogen and oxygen atoms in total. The van der Waals surface area contributed by atoms with Gasteiger partial charge in [0.25, 0.3) is 5.79 Å². The van der Waals surface area contributed by atoms with Crippen LogP contribution in [0.5, 0.6) is 0 Å². The number of aliphatic hydroxyl groups excluding tert-OH is 5. The second kappa shape index (κ2) is 13.0. The Balaban J connectivity index is 1.66. The van der Waals surface area contributed by atoms with Crippen molar-refractivity contribution < 1.29 is 73.5 Å². The molecular weight excluding hydrogens is 542 g/mol. The Morgan fingerprint density at radius 3 is 2.35 bits per heavy atom. The molecule has 230 valence electrons. The van der Waals surface area contributed by atoms with Crippen molar-refractivity contribution in [2.75, 3.05) is 27.4 Å². The summed E-state index contributed by atoms with van der Waals surface area (Å²) in [6.07, 6.45) is -12.6. The molecule has 3 rings (SSSR count). The Morgan fingerprint density at radius 2 is 1.77 bits per heavy atom. The molecule has 6 N–H and O–H groups in total. The summed E-state index contributed by atoms with van der Waals surface area (Å²) >= 11 is 0. The number of carbonyl (C=O) groups excluding carboxylic acids is 3. The number of Topliss-reactive ketones (excluding diaryl/α,β-unsaturated/α-hetero) is 1. The summed E-state index contributed by atoms with van der Waals surface area (Å²) in [6, 6.07) is -1.22. The summed E-state index contributed by atoms with van der Waals surface area (Å²) in [7, 11) is 2.31. The predicted molar refractivity (Wildman–Crippen MR) is 128 cm³/mol. The highest BCUT2D eigenvalue weighted by atomic mass is 16.8. The molecular formula is C24H39NO15. The molecule has 0 aliphatic carbocycles. The standard InChI is InChI=1S/C24H39NO15/c1-11-23(34,20(32)18(31)21(35-3)38-11)8-13(28)6-5-7-37-24(22(33)36-4)9-14(29)16-19(39-24)17(30)15(10-26)40-25(16)12(2)27/h11,14-21,26,29-32,34H,5-10H2,1-4H3/t11-,14-,15+,16+,17+,18-,19+,20-,21+,23+,24+/m0/s1. The van der Waals surface area contributed by atoms with E-state index in [1.54, 1.807) is 0 Å². The number of esters is 1. The lowest BCUT2D eigenvalue weighted by molar-refractivity contribution is -0.376. The number of carbonyl (C=O) groups is 3. The van der Waals surface area contributed by atoms with Crippen LogP contribution in [0.1, 0.15) is 39.5 Å². The number of hydrogen-bond donors (Lipinski definition) is 6. The average Bonchev–Trinajstić information content (AvgIpc) is 2.92. The summed E-state index contributed by atoms with van der Waals surface area (Å²) in [4.78, 5) is 42.9. The van der Waals surface area contributed by atoms with Crippen LogP contribution in [0.25, 0.3) is 0 Å². The van der Waals surface area contributed by atoms with Crippen molar-refractivity contribution in [2.45, 2.75) is 106 Å². The number of ether oxygens (including phenoxy) is 5. The quantitative estimate of drug-likeness (QED) is 0.108. The monoisotopic (exact) mass is 581 g/mol. The molecule has 0 bridgehead atoms. The molecule has 0 aromatic heterocycles. The SMILES string of the molecule is COC(=O)[C@@]1(OCCCC(=O)C[C@@]2(O)[C@H](C)O[C@@H](OC)[C@@H](O)[C@@H]2O)C[C@H](O)[C@@H]2[C@@H](O1)[C@H](O)[C@@H](CO)ON2C(C)=O. The first-order chi connectivity index (χ1) is 18.8. The van der Waals surface area contributed by atoms with Crippen molar-refractivity contribution in [1.29, 1.82) is 0 Å². The number of hydroxylamine groups is 2. The highest BCUT2D eigenvalue weighted by molar-refractivity contribution is 5.80. The van der Waals surface area contributed by atoms with Crippen LogP contribution < -0.4 is 0 Å². The van der Waals surface area contributed by atoms with E-state index in [0.29, 0.717) is 0 Å². The highest BCUT2D eigenvalue weighted by Crippen LogP contribution is 2.39. The zero-order chi connectivity index (χ0) is 30.0. The van der Waals surface area contributed by atoms with Gasteiger partial charge in [-0.05, 0) is 13.3 Å². The number of ketones is 1.